The molecule has 6 nitrogen and oxygen atoms in total. The number of rotatable bonds is 3. The van der Waals surface area contributed by atoms with E-state index in [-0.39, 0.29) is 23.4 Å². The minimum Gasteiger partial charge on any atom is -0.466 e. The first-order chi connectivity index (χ1) is 12.0. The van der Waals surface area contributed by atoms with Crippen LogP contribution in [0.4, 0.5) is 0 Å². The van der Waals surface area contributed by atoms with Gasteiger partial charge in [0, 0.05) is 37.1 Å². The standard InChI is InChI=1S/C19H22N2O4/c1-3-25-19(24)13-8-10-21(11-9-13)18(23)16-12-20(2)17(22)15-7-5-4-6-14(15)16/h4-7,12-13H,3,8-11H2,1-2H3. The summed E-state index contributed by atoms with van der Waals surface area (Å²) in [6.45, 7) is 3.20. The van der Waals surface area contributed by atoms with Gasteiger partial charge in [-0.15, -0.1) is 0 Å². The second-order valence-corrected chi connectivity index (χ2v) is 6.32. The third kappa shape index (κ3) is 3.29. The molecule has 1 aromatic carbocycles. The Morgan fingerprint density at radius 1 is 1.16 bits per heavy atom. The summed E-state index contributed by atoms with van der Waals surface area (Å²) in [6, 6.07) is 7.16. The molecule has 0 N–H and O–H groups in total. The predicted octanol–water partition coefficient (Wildman–Crippen LogP) is 1.95. The van der Waals surface area contributed by atoms with Crippen LogP contribution in [0, 0.1) is 5.92 Å². The van der Waals surface area contributed by atoms with Gasteiger partial charge < -0.3 is 14.2 Å². The van der Waals surface area contributed by atoms with E-state index in [0.717, 1.165) is 0 Å². The van der Waals surface area contributed by atoms with Crippen LogP contribution in [-0.2, 0) is 16.6 Å². The fourth-order valence-corrected chi connectivity index (χ4v) is 3.34. The minimum atomic E-state index is -0.179. The van der Waals surface area contributed by atoms with Crippen LogP contribution < -0.4 is 5.56 Å². The monoisotopic (exact) mass is 342 g/mol. The summed E-state index contributed by atoms with van der Waals surface area (Å²) in [6.07, 6.45) is 2.81. The highest BCUT2D eigenvalue weighted by Gasteiger charge is 2.29. The predicted molar refractivity (Wildman–Crippen MR) is 94.4 cm³/mol. The number of aromatic nitrogens is 1. The molecule has 0 bridgehead atoms. The lowest BCUT2D eigenvalue weighted by molar-refractivity contribution is -0.149. The average Bonchev–Trinajstić information content (AvgIpc) is 2.64. The van der Waals surface area contributed by atoms with Crippen LogP contribution in [0.25, 0.3) is 10.8 Å². The Labute approximate surface area is 146 Å². The summed E-state index contributed by atoms with van der Waals surface area (Å²) in [5, 5.41) is 1.21. The summed E-state index contributed by atoms with van der Waals surface area (Å²) < 4.78 is 6.51. The number of benzene rings is 1. The van der Waals surface area contributed by atoms with Crippen molar-refractivity contribution in [2.24, 2.45) is 13.0 Å². The van der Waals surface area contributed by atoms with E-state index < -0.39 is 0 Å². The highest BCUT2D eigenvalue weighted by atomic mass is 16.5. The van der Waals surface area contributed by atoms with E-state index in [0.29, 0.717) is 48.9 Å². The van der Waals surface area contributed by atoms with Crippen molar-refractivity contribution in [3.8, 4) is 0 Å². The molecule has 1 fully saturated rings. The minimum absolute atomic E-state index is 0.103. The van der Waals surface area contributed by atoms with E-state index in [4.69, 9.17) is 4.74 Å². The zero-order valence-electron chi connectivity index (χ0n) is 14.5. The third-order valence-corrected chi connectivity index (χ3v) is 4.72. The Hall–Kier alpha value is -2.63. The molecule has 1 amide bonds. The van der Waals surface area contributed by atoms with Crippen molar-refractivity contribution in [2.75, 3.05) is 19.7 Å². The maximum atomic E-state index is 13.0. The summed E-state index contributed by atoms with van der Waals surface area (Å²) in [7, 11) is 1.65. The van der Waals surface area contributed by atoms with Crippen molar-refractivity contribution in [1.82, 2.24) is 9.47 Å². The molecule has 0 radical (unpaired) electrons. The zero-order chi connectivity index (χ0) is 18.0. The van der Waals surface area contributed by atoms with Crippen LogP contribution in [0.5, 0.6) is 0 Å². The SMILES string of the molecule is CCOC(=O)C1CCN(C(=O)c2cn(C)c(=O)c3ccccc23)CC1. The van der Waals surface area contributed by atoms with Gasteiger partial charge in [0.1, 0.15) is 0 Å². The van der Waals surface area contributed by atoms with Crippen molar-refractivity contribution < 1.29 is 14.3 Å². The van der Waals surface area contributed by atoms with Gasteiger partial charge in [0.25, 0.3) is 11.5 Å². The second kappa shape index (κ2) is 7.09. The maximum absolute atomic E-state index is 13.0. The molecule has 132 valence electrons. The highest BCUT2D eigenvalue weighted by Crippen LogP contribution is 2.23. The number of carbonyl (C=O) groups excluding carboxylic acids is 2. The fraction of sp³-hybridized carbons (Fsp3) is 0.421. The number of hydrogen-bond donors (Lipinski definition) is 0. The number of aryl methyl sites for hydroxylation is 1. The lowest BCUT2D eigenvalue weighted by Crippen LogP contribution is -2.41. The van der Waals surface area contributed by atoms with Crippen molar-refractivity contribution in [3.63, 3.8) is 0 Å². The molecule has 0 saturated carbocycles. The molecule has 1 aromatic heterocycles. The van der Waals surface area contributed by atoms with Crippen LogP contribution >= 0.6 is 0 Å². The maximum Gasteiger partial charge on any atom is 0.309 e. The molecular weight excluding hydrogens is 320 g/mol. The molecule has 0 spiro atoms. The molecule has 0 aliphatic carbocycles. The molecule has 6 heteroatoms. The van der Waals surface area contributed by atoms with E-state index in [9.17, 15) is 14.4 Å². The van der Waals surface area contributed by atoms with Gasteiger partial charge in [-0.3, -0.25) is 14.4 Å². The lowest BCUT2D eigenvalue weighted by atomic mass is 9.96. The van der Waals surface area contributed by atoms with Gasteiger partial charge in [0.05, 0.1) is 18.1 Å². The Bertz CT molecular complexity index is 863. The summed E-state index contributed by atoms with van der Waals surface area (Å²) in [5.41, 5.74) is 0.403. The smallest absolute Gasteiger partial charge is 0.309 e. The lowest BCUT2D eigenvalue weighted by Gasteiger charge is -2.31. The Balaban J connectivity index is 1.83. The Morgan fingerprint density at radius 3 is 2.44 bits per heavy atom. The summed E-state index contributed by atoms with van der Waals surface area (Å²) in [4.78, 5) is 38.8. The van der Waals surface area contributed by atoms with E-state index in [1.807, 2.05) is 6.07 Å². The second-order valence-electron chi connectivity index (χ2n) is 6.32. The number of pyridine rings is 1. The first kappa shape index (κ1) is 17.2. The number of esters is 1. The number of fused-ring (bicyclic) bond motifs is 1. The van der Waals surface area contributed by atoms with E-state index >= 15 is 0 Å². The molecular formula is C19H22N2O4. The van der Waals surface area contributed by atoms with Crippen LogP contribution in [0.2, 0.25) is 0 Å². The number of likely N-dealkylation sites (tertiary alicyclic amines) is 1. The molecule has 1 saturated heterocycles. The van der Waals surface area contributed by atoms with Gasteiger partial charge in [0.2, 0.25) is 0 Å². The molecule has 2 heterocycles. The van der Waals surface area contributed by atoms with Crippen molar-refractivity contribution >= 4 is 22.6 Å². The zero-order valence-corrected chi connectivity index (χ0v) is 14.5. The van der Waals surface area contributed by atoms with Gasteiger partial charge in [-0.05, 0) is 25.8 Å². The average molecular weight is 342 g/mol. The summed E-state index contributed by atoms with van der Waals surface area (Å²) >= 11 is 0. The quantitative estimate of drug-likeness (QED) is 0.800. The molecule has 0 atom stereocenters. The first-order valence-electron chi connectivity index (χ1n) is 8.57. The summed E-state index contributed by atoms with van der Waals surface area (Å²) in [5.74, 6) is -0.419. The fourth-order valence-electron chi connectivity index (χ4n) is 3.34. The normalized spacial score (nSPS) is 15.4. The van der Waals surface area contributed by atoms with Gasteiger partial charge in [0.15, 0.2) is 0 Å². The number of amides is 1. The Kier molecular flexibility index (Phi) is 4.88. The van der Waals surface area contributed by atoms with Gasteiger partial charge in [-0.2, -0.15) is 0 Å². The molecule has 0 unspecified atom stereocenters. The number of piperidine rings is 1. The topological polar surface area (TPSA) is 68.6 Å². The van der Waals surface area contributed by atoms with Crippen molar-refractivity contribution in [2.45, 2.75) is 19.8 Å². The number of ether oxygens (including phenoxy) is 1. The highest BCUT2D eigenvalue weighted by molar-refractivity contribution is 6.06. The molecule has 25 heavy (non-hydrogen) atoms. The van der Waals surface area contributed by atoms with Crippen molar-refractivity contribution in [1.29, 1.82) is 0 Å². The van der Waals surface area contributed by atoms with E-state index in [2.05, 4.69) is 0 Å². The van der Waals surface area contributed by atoms with Crippen LogP contribution in [0.15, 0.2) is 35.3 Å². The van der Waals surface area contributed by atoms with Gasteiger partial charge in [-0.1, -0.05) is 18.2 Å². The molecule has 1 aliphatic rings. The number of hydrogen-bond acceptors (Lipinski definition) is 4. The van der Waals surface area contributed by atoms with Crippen LogP contribution in [-0.4, -0.2) is 41.0 Å². The Morgan fingerprint density at radius 2 is 1.80 bits per heavy atom. The van der Waals surface area contributed by atoms with Crippen LogP contribution in [0.3, 0.4) is 0 Å². The van der Waals surface area contributed by atoms with Gasteiger partial charge >= 0.3 is 5.97 Å². The largest absolute Gasteiger partial charge is 0.466 e. The number of carbonyl (C=O) groups is 2. The van der Waals surface area contributed by atoms with E-state index in [1.54, 1.807) is 43.3 Å². The van der Waals surface area contributed by atoms with E-state index in [1.165, 1.54) is 4.57 Å². The van der Waals surface area contributed by atoms with Crippen molar-refractivity contribution in [3.05, 3.63) is 46.4 Å². The van der Waals surface area contributed by atoms with Gasteiger partial charge in [-0.25, -0.2) is 0 Å². The first-order valence-corrected chi connectivity index (χ1v) is 8.57. The third-order valence-electron chi connectivity index (χ3n) is 4.72. The molecule has 2 aromatic rings. The number of nitrogens with zero attached hydrogens (tertiary/aromatic N) is 2. The molecule has 1 aliphatic heterocycles. The van der Waals surface area contributed by atoms with Crippen LogP contribution in [0.1, 0.15) is 30.1 Å². The molecule has 3 rings (SSSR count).